The molecule has 3 heterocycles. The van der Waals surface area contributed by atoms with Crippen molar-refractivity contribution in [3.8, 4) is 11.6 Å². The number of likely N-dealkylation sites (N-methyl/N-ethyl adjacent to an activating group) is 1. The molecule has 0 spiro atoms. The van der Waals surface area contributed by atoms with Crippen LogP contribution in [0.15, 0.2) is 42.6 Å². The fourth-order valence-corrected chi connectivity index (χ4v) is 4.98. The first-order valence-electron chi connectivity index (χ1n) is 12.1. The van der Waals surface area contributed by atoms with E-state index in [1.807, 2.05) is 29.2 Å². The Morgan fingerprint density at radius 1 is 1.00 bits per heavy atom. The molecule has 2 aliphatic rings. The normalized spacial score (nSPS) is 17.2. The molecule has 10 heteroatoms. The molecule has 5 rings (SSSR count). The maximum absolute atomic E-state index is 14.7. The Hall–Kier alpha value is -3.17. The minimum Gasteiger partial charge on any atom is -0.437 e. The average Bonchev–Trinajstić information content (AvgIpc) is 3.10. The van der Waals surface area contributed by atoms with E-state index >= 15 is 0 Å². The minimum absolute atomic E-state index is 0.0946. The summed E-state index contributed by atoms with van der Waals surface area (Å²) < 4.78 is 34.9. The Morgan fingerprint density at radius 2 is 1.72 bits per heavy atom. The molecule has 0 radical (unpaired) electrons. The van der Waals surface area contributed by atoms with Gasteiger partial charge in [-0.25, -0.2) is 13.8 Å². The molecule has 0 aliphatic carbocycles. The average molecular weight is 515 g/mol. The van der Waals surface area contributed by atoms with Gasteiger partial charge in [0.2, 0.25) is 5.88 Å². The Labute approximate surface area is 214 Å². The van der Waals surface area contributed by atoms with E-state index in [-0.39, 0.29) is 10.6 Å². The topological polar surface area (TPSA) is 56.8 Å². The van der Waals surface area contributed by atoms with Gasteiger partial charge in [-0.05, 0) is 56.8 Å². The van der Waals surface area contributed by atoms with E-state index in [1.165, 1.54) is 0 Å². The Bertz CT molecular complexity index is 1220. The van der Waals surface area contributed by atoms with Crippen LogP contribution in [0.4, 0.5) is 26.1 Å². The van der Waals surface area contributed by atoms with Gasteiger partial charge in [0.25, 0.3) is 0 Å². The van der Waals surface area contributed by atoms with Crippen molar-refractivity contribution in [2.45, 2.75) is 19.4 Å². The van der Waals surface area contributed by atoms with Crippen LogP contribution >= 0.6 is 11.6 Å². The smallest absolute Gasteiger partial charge is 0.239 e. The molecule has 1 N–H and O–H groups in total. The fraction of sp³-hybridized carbons (Fsp3) is 0.385. The lowest BCUT2D eigenvalue weighted by molar-refractivity contribution is 0.313. The van der Waals surface area contributed by atoms with E-state index in [0.29, 0.717) is 36.4 Å². The zero-order valence-corrected chi connectivity index (χ0v) is 21.1. The SMILES string of the molecule is CC(c1c(F)ccc(F)c1Cl)N1CCCNc2ncc(Oc3ccc(N4CCN(C)CC4)cc3)nc21. The molecule has 3 aromatic rings. The van der Waals surface area contributed by atoms with Crippen LogP contribution in [0.2, 0.25) is 5.02 Å². The van der Waals surface area contributed by atoms with Gasteiger partial charge in [-0.1, -0.05) is 11.6 Å². The van der Waals surface area contributed by atoms with Crippen molar-refractivity contribution in [2.75, 3.05) is 61.4 Å². The predicted molar refractivity (Wildman–Crippen MR) is 138 cm³/mol. The second-order valence-corrected chi connectivity index (χ2v) is 9.55. The van der Waals surface area contributed by atoms with Crippen molar-refractivity contribution in [1.29, 1.82) is 0 Å². The summed E-state index contributed by atoms with van der Waals surface area (Å²) in [5.74, 6) is 0.802. The largest absolute Gasteiger partial charge is 0.437 e. The van der Waals surface area contributed by atoms with Crippen LogP contribution in [0, 0.1) is 11.6 Å². The molecular formula is C26H29ClF2N6O. The van der Waals surface area contributed by atoms with Crippen molar-refractivity contribution in [1.82, 2.24) is 14.9 Å². The number of ether oxygens (including phenoxy) is 1. The molecule has 1 aromatic heterocycles. The zero-order valence-electron chi connectivity index (χ0n) is 20.3. The molecule has 190 valence electrons. The van der Waals surface area contributed by atoms with Gasteiger partial charge in [-0.2, -0.15) is 4.98 Å². The summed E-state index contributed by atoms with van der Waals surface area (Å²) in [7, 11) is 2.14. The Morgan fingerprint density at radius 3 is 2.47 bits per heavy atom. The van der Waals surface area contributed by atoms with Crippen LogP contribution in [0.5, 0.6) is 11.6 Å². The van der Waals surface area contributed by atoms with Crippen molar-refractivity contribution < 1.29 is 13.5 Å². The van der Waals surface area contributed by atoms with Crippen molar-refractivity contribution in [3.63, 3.8) is 0 Å². The molecule has 1 atom stereocenters. The highest BCUT2D eigenvalue weighted by atomic mass is 35.5. The molecule has 2 aromatic carbocycles. The molecular weight excluding hydrogens is 486 g/mol. The van der Waals surface area contributed by atoms with Gasteiger partial charge >= 0.3 is 0 Å². The Balaban J connectivity index is 1.38. The van der Waals surface area contributed by atoms with E-state index in [2.05, 4.69) is 27.1 Å². The highest BCUT2D eigenvalue weighted by molar-refractivity contribution is 6.31. The van der Waals surface area contributed by atoms with Crippen molar-refractivity contribution in [3.05, 3.63) is 64.8 Å². The maximum atomic E-state index is 14.7. The summed E-state index contributed by atoms with van der Waals surface area (Å²) in [6.45, 7) is 7.08. The molecule has 1 fully saturated rings. The van der Waals surface area contributed by atoms with Crippen LogP contribution in [0.1, 0.15) is 24.9 Å². The van der Waals surface area contributed by atoms with Gasteiger partial charge in [0.05, 0.1) is 17.3 Å². The van der Waals surface area contributed by atoms with Crippen LogP contribution < -0.4 is 19.9 Å². The summed E-state index contributed by atoms with van der Waals surface area (Å²) in [5.41, 5.74) is 1.25. The number of benzene rings is 2. The van der Waals surface area contributed by atoms with E-state index < -0.39 is 17.7 Å². The van der Waals surface area contributed by atoms with Gasteiger partial charge in [0.1, 0.15) is 17.4 Å². The molecule has 1 unspecified atom stereocenters. The van der Waals surface area contributed by atoms with Crippen LogP contribution in [-0.2, 0) is 0 Å². The van der Waals surface area contributed by atoms with E-state index in [1.54, 1.807) is 13.1 Å². The summed E-state index contributed by atoms with van der Waals surface area (Å²) in [6.07, 6.45) is 2.32. The van der Waals surface area contributed by atoms with E-state index in [9.17, 15) is 8.78 Å². The van der Waals surface area contributed by atoms with Gasteiger partial charge in [-0.15, -0.1) is 0 Å². The van der Waals surface area contributed by atoms with Crippen LogP contribution in [0.25, 0.3) is 0 Å². The minimum atomic E-state index is -0.656. The van der Waals surface area contributed by atoms with E-state index in [4.69, 9.17) is 21.3 Å². The summed E-state index contributed by atoms with van der Waals surface area (Å²) in [6, 6.07) is 9.49. The molecule has 0 bridgehead atoms. The summed E-state index contributed by atoms with van der Waals surface area (Å²) in [5, 5.41) is 3.04. The number of hydrogen-bond donors (Lipinski definition) is 1. The summed E-state index contributed by atoms with van der Waals surface area (Å²) in [4.78, 5) is 15.8. The van der Waals surface area contributed by atoms with Crippen LogP contribution in [0.3, 0.4) is 0 Å². The van der Waals surface area contributed by atoms with E-state index in [0.717, 1.165) is 50.4 Å². The predicted octanol–water partition coefficient (Wildman–Crippen LogP) is 5.34. The molecule has 36 heavy (non-hydrogen) atoms. The van der Waals surface area contributed by atoms with Crippen LogP contribution in [-0.4, -0.2) is 61.2 Å². The molecule has 0 saturated carbocycles. The molecule has 1 saturated heterocycles. The first-order valence-corrected chi connectivity index (χ1v) is 12.5. The lowest BCUT2D eigenvalue weighted by atomic mass is 10.1. The van der Waals surface area contributed by atoms with Crippen molar-refractivity contribution >= 4 is 28.9 Å². The number of aromatic nitrogens is 2. The maximum Gasteiger partial charge on any atom is 0.239 e. The third-order valence-electron chi connectivity index (χ3n) is 6.76. The van der Waals surface area contributed by atoms with Gasteiger partial charge in [0, 0.05) is 50.5 Å². The number of halogens is 3. The number of fused-ring (bicyclic) bond motifs is 1. The summed E-state index contributed by atoms with van der Waals surface area (Å²) >= 11 is 6.17. The third kappa shape index (κ3) is 5.03. The highest BCUT2D eigenvalue weighted by Crippen LogP contribution is 2.38. The number of rotatable bonds is 5. The first-order chi connectivity index (χ1) is 17.4. The van der Waals surface area contributed by atoms with Gasteiger partial charge < -0.3 is 24.8 Å². The number of hydrogen-bond acceptors (Lipinski definition) is 7. The number of piperazine rings is 1. The second kappa shape index (κ2) is 10.4. The number of nitrogens with one attached hydrogen (secondary N) is 1. The Kier molecular flexibility index (Phi) is 7.11. The lowest BCUT2D eigenvalue weighted by Crippen LogP contribution is -2.44. The van der Waals surface area contributed by atoms with Gasteiger partial charge in [-0.3, -0.25) is 0 Å². The molecule has 7 nitrogen and oxygen atoms in total. The zero-order chi connectivity index (χ0) is 25.2. The molecule has 0 amide bonds. The molecule has 2 aliphatic heterocycles. The fourth-order valence-electron chi connectivity index (χ4n) is 4.67. The second-order valence-electron chi connectivity index (χ2n) is 9.17. The lowest BCUT2D eigenvalue weighted by Gasteiger charge is -2.34. The monoisotopic (exact) mass is 514 g/mol. The number of nitrogens with zero attached hydrogens (tertiary/aromatic N) is 5. The standard InChI is InChI=1S/C26H29ClF2N6O/c1-17(23-20(28)8-9-21(29)24(23)27)35-11-3-10-30-25-26(35)32-22(16-31-25)36-19-6-4-18(5-7-19)34-14-12-33(2)13-15-34/h4-9,16-17H,3,10-15H2,1-2H3,(H,30,31). The third-order valence-corrected chi connectivity index (χ3v) is 7.15. The highest BCUT2D eigenvalue weighted by Gasteiger charge is 2.28. The number of anilines is 3. The van der Waals surface area contributed by atoms with Gasteiger partial charge in [0.15, 0.2) is 11.6 Å². The first kappa shape index (κ1) is 24.5. The van der Waals surface area contributed by atoms with Crippen molar-refractivity contribution in [2.24, 2.45) is 0 Å². The quantitative estimate of drug-likeness (QED) is 0.461.